The molecule has 0 aliphatic carbocycles. The molecule has 0 spiro atoms. The van der Waals surface area contributed by atoms with Gasteiger partial charge < -0.3 is 10.1 Å². The summed E-state index contributed by atoms with van der Waals surface area (Å²) in [5, 5.41) is 3.35. The summed E-state index contributed by atoms with van der Waals surface area (Å²) in [6.45, 7) is 1.84. The smallest absolute Gasteiger partial charge is 0.248 e. The Morgan fingerprint density at radius 3 is 2.80 bits per heavy atom. The summed E-state index contributed by atoms with van der Waals surface area (Å²) in [7, 11) is 0. The zero-order valence-corrected chi connectivity index (χ0v) is 14.3. The summed E-state index contributed by atoms with van der Waals surface area (Å²) in [5.74, 6) is 0.352. The van der Waals surface area contributed by atoms with Gasteiger partial charge in [0.2, 0.25) is 5.91 Å². The highest BCUT2D eigenvalue weighted by Crippen LogP contribution is 2.29. The van der Waals surface area contributed by atoms with E-state index >= 15 is 0 Å². The SMILES string of the molecule is CC(=O)c1ccccc1NC(=O)/C=C/C1=Cc2cc(Cl)ccc2OC1. The van der Waals surface area contributed by atoms with Crippen LogP contribution in [0.5, 0.6) is 5.75 Å². The lowest BCUT2D eigenvalue weighted by Crippen LogP contribution is -2.12. The number of anilines is 1. The molecule has 0 bridgehead atoms. The van der Waals surface area contributed by atoms with Gasteiger partial charge in [-0.2, -0.15) is 0 Å². The molecule has 2 aromatic carbocycles. The molecule has 2 aromatic rings. The molecule has 1 amide bonds. The molecule has 1 aliphatic rings. The van der Waals surface area contributed by atoms with Crippen LogP contribution >= 0.6 is 11.6 Å². The van der Waals surface area contributed by atoms with Crippen LogP contribution in [-0.4, -0.2) is 18.3 Å². The van der Waals surface area contributed by atoms with E-state index in [1.165, 1.54) is 13.0 Å². The van der Waals surface area contributed by atoms with E-state index in [2.05, 4.69) is 5.32 Å². The molecule has 1 aliphatic heterocycles. The van der Waals surface area contributed by atoms with E-state index in [1.54, 1.807) is 36.4 Å². The molecule has 0 saturated heterocycles. The van der Waals surface area contributed by atoms with Crippen molar-refractivity contribution < 1.29 is 14.3 Å². The second-order valence-corrected chi connectivity index (χ2v) is 6.05. The van der Waals surface area contributed by atoms with Gasteiger partial charge in [-0.05, 0) is 48.9 Å². The monoisotopic (exact) mass is 353 g/mol. The van der Waals surface area contributed by atoms with E-state index in [-0.39, 0.29) is 11.7 Å². The van der Waals surface area contributed by atoms with Gasteiger partial charge in [-0.25, -0.2) is 0 Å². The number of halogens is 1. The predicted octanol–water partition coefficient (Wildman–Crippen LogP) is 4.51. The molecular formula is C20H16ClNO3. The fourth-order valence-electron chi connectivity index (χ4n) is 2.52. The van der Waals surface area contributed by atoms with Crippen molar-refractivity contribution in [2.45, 2.75) is 6.92 Å². The van der Waals surface area contributed by atoms with Crippen LogP contribution in [0.3, 0.4) is 0 Å². The number of fused-ring (bicyclic) bond motifs is 1. The van der Waals surface area contributed by atoms with Crippen molar-refractivity contribution in [3.05, 3.63) is 76.3 Å². The second-order valence-electron chi connectivity index (χ2n) is 5.61. The molecule has 0 atom stereocenters. The van der Waals surface area contributed by atoms with E-state index < -0.39 is 0 Å². The van der Waals surface area contributed by atoms with Crippen LogP contribution in [0, 0.1) is 0 Å². The van der Waals surface area contributed by atoms with Gasteiger partial charge in [0.25, 0.3) is 0 Å². The molecule has 0 saturated carbocycles. The van der Waals surface area contributed by atoms with Crippen molar-refractivity contribution in [3.63, 3.8) is 0 Å². The van der Waals surface area contributed by atoms with Crippen LogP contribution in [0.15, 0.2) is 60.2 Å². The van der Waals surface area contributed by atoms with Gasteiger partial charge in [-0.15, -0.1) is 0 Å². The average molecular weight is 354 g/mol. The molecule has 5 heteroatoms. The van der Waals surface area contributed by atoms with Gasteiger partial charge in [0, 0.05) is 22.2 Å². The fourth-order valence-corrected chi connectivity index (χ4v) is 2.70. The molecular weight excluding hydrogens is 338 g/mol. The molecule has 0 fully saturated rings. The normalized spacial score (nSPS) is 13.0. The minimum Gasteiger partial charge on any atom is -0.488 e. The second kappa shape index (κ2) is 7.36. The number of para-hydroxylation sites is 1. The Kier molecular flexibility index (Phi) is 5.00. The fraction of sp³-hybridized carbons (Fsp3) is 0.100. The van der Waals surface area contributed by atoms with Crippen LogP contribution in [0.4, 0.5) is 5.69 Å². The lowest BCUT2D eigenvalue weighted by Gasteiger charge is -2.16. The summed E-state index contributed by atoms with van der Waals surface area (Å²) in [6.07, 6.45) is 5.04. The van der Waals surface area contributed by atoms with Gasteiger partial charge in [0.15, 0.2) is 5.78 Å². The number of hydrogen-bond acceptors (Lipinski definition) is 3. The summed E-state index contributed by atoms with van der Waals surface area (Å²) in [4.78, 5) is 23.7. The first-order valence-electron chi connectivity index (χ1n) is 7.75. The minimum atomic E-state index is -0.313. The van der Waals surface area contributed by atoms with E-state index in [4.69, 9.17) is 16.3 Å². The first kappa shape index (κ1) is 17.0. The number of carbonyl (C=O) groups is 2. The third-order valence-electron chi connectivity index (χ3n) is 3.72. The zero-order valence-electron chi connectivity index (χ0n) is 13.6. The number of ether oxygens (including phenoxy) is 1. The Morgan fingerprint density at radius 1 is 1.20 bits per heavy atom. The quantitative estimate of drug-likeness (QED) is 0.649. The molecule has 0 radical (unpaired) electrons. The molecule has 0 aromatic heterocycles. The van der Waals surface area contributed by atoms with E-state index in [0.717, 1.165) is 16.9 Å². The Bertz CT molecular complexity index is 900. The Hall–Kier alpha value is -2.85. The third-order valence-corrected chi connectivity index (χ3v) is 3.96. The van der Waals surface area contributed by atoms with Crippen LogP contribution in [0.1, 0.15) is 22.8 Å². The number of amides is 1. The summed E-state index contributed by atoms with van der Waals surface area (Å²) in [5.41, 5.74) is 2.70. The number of rotatable bonds is 4. The molecule has 1 heterocycles. The molecule has 3 rings (SSSR count). The Labute approximate surface area is 150 Å². The predicted molar refractivity (Wildman–Crippen MR) is 99.1 cm³/mol. The number of nitrogens with one attached hydrogen (secondary N) is 1. The molecule has 25 heavy (non-hydrogen) atoms. The Morgan fingerprint density at radius 2 is 2.00 bits per heavy atom. The maximum atomic E-state index is 12.1. The van der Waals surface area contributed by atoms with Gasteiger partial charge in [0.05, 0.1) is 5.69 Å². The summed E-state index contributed by atoms with van der Waals surface area (Å²) < 4.78 is 5.64. The molecule has 126 valence electrons. The van der Waals surface area contributed by atoms with Crippen molar-refractivity contribution in [1.29, 1.82) is 0 Å². The largest absolute Gasteiger partial charge is 0.488 e. The lowest BCUT2D eigenvalue weighted by atomic mass is 10.1. The first-order chi connectivity index (χ1) is 12.0. The van der Waals surface area contributed by atoms with E-state index in [9.17, 15) is 9.59 Å². The maximum Gasteiger partial charge on any atom is 0.248 e. The average Bonchev–Trinajstić information content (AvgIpc) is 2.60. The van der Waals surface area contributed by atoms with E-state index in [0.29, 0.717) is 22.9 Å². The highest BCUT2D eigenvalue weighted by molar-refractivity contribution is 6.30. The highest BCUT2D eigenvalue weighted by Gasteiger charge is 2.11. The first-order valence-corrected chi connectivity index (χ1v) is 8.12. The lowest BCUT2D eigenvalue weighted by molar-refractivity contribution is -0.111. The maximum absolute atomic E-state index is 12.1. The number of Topliss-reactive ketones (excluding diaryl/α,β-unsaturated/α-hetero) is 1. The molecule has 0 unspecified atom stereocenters. The molecule has 1 N–H and O–H groups in total. The summed E-state index contributed by atoms with van der Waals surface area (Å²) in [6, 6.07) is 12.3. The van der Waals surface area contributed by atoms with Crippen LogP contribution in [0.25, 0.3) is 6.08 Å². The topological polar surface area (TPSA) is 55.4 Å². The minimum absolute atomic E-state index is 0.100. The van der Waals surface area contributed by atoms with Crippen molar-refractivity contribution in [2.24, 2.45) is 0 Å². The third kappa shape index (κ3) is 4.17. The highest BCUT2D eigenvalue weighted by atomic mass is 35.5. The number of carbonyl (C=O) groups excluding carboxylic acids is 2. The van der Waals surface area contributed by atoms with Gasteiger partial charge in [-0.1, -0.05) is 29.8 Å². The standard InChI is InChI=1S/C20H16ClNO3/c1-13(23)17-4-2-3-5-18(17)22-20(24)9-6-14-10-15-11-16(21)7-8-19(15)25-12-14/h2-11H,12H2,1H3,(H,22,24)/b9-6+. The summed E-state index contributed by atoms with van der Waals surface area (Å²) >= 11 is 5.99. The number of ketones is 1. The van der Waals surface area contributed by atoms with Gasteiger partial charge in [0.1, 0.15) is 12.4 Å². The van der Waals surface area contributed by atoms with Crippen LogP contribution in [-0.2, 0) is 4.79 Å². The molecule has 4 nitrogen and oxygen atoms in total. The van der Waals surface area contributed by atoms with E-state index in [1.807, 2.05) is 18.2 Å². The van der Waals surface area contributed by atoms with Crippen LogP contribution in [0.2, 0.25) is 5.02 Å². The van der Waals surface area contributed by atoms with Crippen LogP contribution < -0.4 is 10.1 Å². The zero-order chi connectivity index (χ0) is 17.8. The van der Waals surface area contributed by atoms with Crippen molar-refractivity contribution in [2.75, 3.05) is 11.9 Å². The van der Waals surface area contributed by atoms with Crippen molar-refractivity contribution >= 4 is 35.1 Å². The number of hydrogen-bond donors (Lipinski definition) is 1. The van der Waals surface area contributed by atoms with Crippen molar-refractivity contribution in [3.8, 4) is 5.75 Å². The number of benzene rings is 2. The van der Waals surface area contributed by atoms with Crippen molar-refractivity contribution in [1.82, 2.24) is 0 Å². The Balaban J connectivity index is 1.73. The van der Waals surface area contributed by atoms with Gasteiger partial charge >= 0.3 is 0 Å². The van der Waals surface area contributed by atoms with Gasteiger partial charge in [-0.3, -0.25) is 9.59 Å².